The number of benzene rings is 1. The minimum Gasteiger partial charge on any atom is -0.454 e. The number of H-pyrrole nitrogens is 1. The summed E-state index contributed by atoms with van der Waals surface area (Å²) >= 11 is 1.96. The molecule has 6 nitrogen and oxygen atoms in total. The number of methoxy groups -OCH3 is 1. The summed E-state index contributed by atoms with van der Waals surface area (Å²) in [5.41, 5.74) is 1.20. The van der Waals surface area contributed by atoms with Crippen molar-refractivity contribution in [2.45, 2.75) is 6.61 Å². The molecule has 20 heavy (non-hydrogen) atoms. The standard InChI is InChI=1S/C13H11IN2O4/c1-18-5-8-11(14)13(17)16-12(15-8)7-2-3-9-10(4-7)20-6-19-9/h2-4H,5-6H2,1H3,(H,15,16,17). The Hall–Kier alpha value is -1.61. The van der Waals surface area contributed by atoms with E-state index in [1.54, 1.807) is 19.2 Å². The number of ether oxygens (including phenoxy) is 3. The van der Waals surface area contributed by atoms with Crippen LogP contribution in [0.25, 0.3) is 11.4 Å². The van der Waals surface area contributed by atoms with Crippen LogP contribution in [0.15, 0.2) is 23.0 Å². The lowest BCUT2D eigenvalue weighted by Crippen LogP contribution is -2.16. The number of aromatic nitrogens is 2. The number of aromatic amines is 1. The normalized spacial score (nSPS) is 12.7. The number of nitrogens with one attached hydrogen (secondary N) is 1. The number of halogens is 1. The molecule has 1 N–H and O–H groups in total. The lowest BCUT2D eigenvalue weighted by atomic mass is 10.2. The van der Waals surface area contributed by atoms with Gasteiger partial charge in [-0.2, -0.15) is 0 Å². The molecule has 7 heteroatoms. The van der Waals surface area contributed by atoms with Crippen LogP contribution in [-0.4, -0.2) is 23.9 Å². The van der Waals surface area contributed by atoms with Gasteiger partial charge in [-0.05, 0) is 40.8 Å². The van der Waals surface area contributed by atoms with Crippen molar-refractivity contribution in [3.8, 4) is 22.9 Å². The summed E-state index contributed by atoms with van der Waals surface area (Å²) in [6, 6.07) is 5.42. The number of hydrogen-bond donors (Lipinski definition) is 1. The molecule has 2 aromatic rings. The lowest BCUT2D eigenvalue weighted by molar-refractivity contribution is 0.174. The molecular weight excluding hydrogens is 375 g/mol. The molecule has 2 heterocycles. The van der Waals surface area contributed by atoms with Crippen LogP contribution in [0.3, 0.4) is 0 Å². The van der Waals surface area contributed by atoms with Gasteiger partial charge in [-0.1, -0.05) is 0 Å². The Morgan fingerprint density at radius 3 is 3.00 bits per heavy atom. The van der Waals surface area contributed by atoms with Gasteiger partial charge in [0.05, 0.1) is 12.3 Å². The average Bonchev–Trinajstić information content (AvgIpc) is 2.91. The molecule has 1 aliphatic rings. The average molecular weight is 386 g/mol. The second-order valence-electron chi connectivity index (χ2n) is 4.18. The van der Waals surface area contributed by atoms with E-state index in [2.05, 4.69) is 9.97 Å². The van der Waals surface area contributed by atoms with Gasteiger partial charge in [-0.25, -0.2) is 4.98 Å². The summed E-state index contributed by atoms with van der Waals surface area (Å²) < 4.78 is 16.2. The second-order valence-corrected chi connectivity index (χ2v) is 5.26. The van der Waals surface area contributed by atoms with Crippen LogP contribution >= 0.6 is 22.6 Å². The Morgan fingerprint density at radius 1 is 1.40 bits per heavy atom. The van der Waals surface area contributed by atoms with Gasteiger partial charge in [0, 0.05) is 12.7 Å². The minimum atomic E-state index is -0.180. The fourth-order valence-corrected chi connectivity index (χ4v) is 2.33. The Bertz CT molecular complexity index is 714. The van der Waals surface area contributed by atoms with Crippen molar-refractivity contribution in [3.63, 3.8) is 0 Å². The number of hydrogen-bond acceptors (Lipinski definition) is 5. The molecule has 1 aromatic heterocycles. The van der Waals surface area contributed by atoms with Crippen LogP contribution < -0.4 is 15.0 Å². The van der Waals surface area contributed by atoms with E-state index in [0.29, 0.717) is 33.2 Å². The van der Waals surface area contributed by atoms with E-state index in [9.17, 15) is 4.79 Å². The van der Waals surface area contributed by atoms with Gasteiger partial charge in [0.15, 0.2) is 11.5 Å². The summed E-state index contributed by atoms with van der Waals surface area (Å²) in [7, 11) is 1.57. The Morgan fingerprint density at radius 2 is 2.20 bits per heavy atom. The monoisotopic (exact) mass is 386 g/mol. The quantitative estimate of drug-likeness (QED) is 0.817. The molecule has 1 aromatic carbocycles. The van der Waals surface area contributed by atoms with Crippen LogP contribution in [0.4, 0.5) is 0 Å². The molecule has 0 atom stereocenters. The van der Waals surface area contributed by atoms with Gasteiger partial charge < -0.3 is 19.2 Å². The van der Waals surface area contributed by atoms with Crippen molar-refractivity contribution in [3.05, 3.63) is 37.8 Å². The fraction of sp³-hybridized carbons (Fsp3) is 0.231. The van der Waals surface area contributed by atoms with E-state index in [4.69, 9.17) is 14.2 Å². The summed E-state index contributed by atoms with van der Waals surface area (Å²) in [4.78, 5) is 19.1. The molecule has 0 fully saturated rings. The first-order chi connectivity index (χ1) is 9.69. The maximum atomic E-state index is 11.9. The van der Waals surface area contributed by atoms with Gasteiger partial charge in [0.2, 0.25) is 6.79 Å². The van der Waals surface area contributed by atoms with E-state index in [1.807, 2.05) is 28.7 Å². The van der Waals surface area contributed by atoms with Crippen molar-refractivity contribution >= 4 is 22.6 Å². The van der Waals surface area contributed by atoms with E-state index >= 15 is 0 Å². The topological polar surface area (TPSA) is 73.4 Å². The first kappa shape index (κ1) is 13.4. The third-order valence-corrected chi connectivity index (χ3v) is 3.97. The molecule has 3 rings (SSSR count). The highest BCUT2D eigenvalue weighted by atomic mass is 127. The van der Waals surface area contributed by atoms with Crippen molar-refractivity contribution in [1.29, 1.82) is 0 Å². The predicted octanol–water partition coefficient (Wildman–Crippen LogP) is 1.92. The molecule has 0 radical (unpaired) electrons. The van der Waals surface area contributed by atoms with Crippen LogP contribution in [0.2, 0.25) is 0 Å². The van der Waals surface area contributed by atoms with Crippen molar-refractivity contribution in [2.75, 3.05) is 13.9 Å². The molecule has 0 amide bonds. The smallest absolute Gasteiger partial charge is 0.264 e. The fourth-order valence-electron chi connectivity index (χ4n) is 1.92. The highest BCUT2D eigenvalue weighted by Crippen LogP contribution is 2.34. The predicted molar refractivity (Wildman–Crippen MR) is 79.8 cm³/mol. The summed E-state index contributed by atoms with van der Waals surface area (Å²) in [5.74, 6) is 1.83. The molecule has 0 saturated heterocycles. The maximum Gasteiger partial charge on any atom is 0.264 e. The van der Waals surface area contributed by atoms with E-state index in [-0.39, 0.29) is 12.4 Å². The zero-order chi connectivity index (χ0) is 14.1. The van der Waals surface area contributed by atoms with E-state index < -0.39 is 0 Å². The largest absolute Gasteiger partial charge is 0.454 e. The maximum absolute atomic E-state index is 11.9. The van der Waals surface area contributed by atoms with Crippen molar-refractivity contribution < 1.29 is 14.2 Å². The van der Waals surface area contributed by atoms with E-state index in [1.165, 1.54) is 0 Å². The molecule has 104 valence electrons. The zero-order valence-corrected chi connectivity index (χ0v) is 12.8. The highest BCUT2D eigenvalue weighted by Gasteiger charge is 2.16. The Kier molecular flexibility index (Phi) is 3.62. The third-order valence-electron chi connectivity index (χ3n) is 2.86. The number of nitrogens with zero attached hydrogens (tertiary/aromatic N) is 1. The van der Waals surface area contributed by atoms with Gasteiger partial charge in [0.25, 0.3) is 5.56 Å². The highest BCUT2D eigenvalue weighted by molar-refractivity contribution is 14.1. The van der Waals surface area contributed by atoms with Gasteiger partial charge in [-0.3, -0.25) is 4.79 Å². The Balaban J connectivity index is 2.08. The van der Waals surface area contributed by atoms with Crippen LogP contribution in [-0.2, 0) is 11.3 Å². The van der Waals surface area contributed by atoms with Gasteiger partial charge in [-0.15, -0.1) is 0 Å². The number of rotatable bonds is 3. The third kappa shape index (κ3) is 2.38. The molecule has 1 aliphatic heterocycles. The summed E-state index contributed by atoms with van der Waals surface area (Å²) in [5, 5.41) is 0. The van der Waals surface area contributed by atoms with Gasteiger partial charge in [0.1, 0.15) is 9.39 Å². The van der Waals surface area contributed by atoms with Crippen LogP contribution in [0.1, 0.15) is 5.69 Å². The van der Waals surface area contributed by atoms with Crippen molar-refractivity contribution in [1.82, 2.24) is 9.97 Å². The van der Waals surface area contributed by atoms with Crippen LogP contribution in [0, 0.1) is 3.57 Å². The first-order valence-electron chi connectivity index (χ1n) is 5.86. The van der Waals surface area contributed by atoms with Crippen molar-refractivity contribution in [2.24, 2.45) is 0 Å². The summed E-state index contributed by atoms with van der Waals surface area (Å²) in [6.45, 7) is 0.504. The second kappa shape index (κ2) is 5.41. The SMILES string of the molecule is COCc1nc(-c2ccc3c(c2)OCO3)[nH]c(=O)c1I. The molecular formula is C13H11IN2O4. The van der Waals surface area contributed by atoms with Gasteiger partial charge >= 0.3 is 0 Å². The molecule has 0 saturated carbocycles. The van der Waals surface area contributed by atoms with E-state index in [0.717, 1.165) is 5.56 Å². The molecule has 0 aliphatic carbocycles. The minimum absolute atomic E-state index is 0.180. The zero-order valence-electron chi connectivity index (χ0n) is 10.6. The molecule has 0 spiro atoms. The molecule has 0 unspecified atom stereocenters. The van der Waals surface area contributed by atoms with Crippen LogP contribution in [0.5, 0.6) is 11.5 Å². The summed E-state index contributed by atoms with van der Waals surface area (Å²) in [6.07, 6.45) is 0. The molecule has 0 bridgehead atoms. The lowest BCUT2D eigenvalue weighted by Gasteiger charge is -2.07. The number of fused-ring (bicyclic) bond motifs is 1. The first-order valence-corrected chi connectivity index (χ1v) is 6.94. The Labute approximate surface area is 128 Å².